The molecule has 1 fully saturated rings. The zero-order valence-electron chi connectivity index (χ0n) is 25.2. The van der Waals surface area contributed by atoms with Crippen LogP contribution in [0, 0.1) is 11.7 Å². The molecule has 0 unspecified atom stereocenters. The summed E-state index contributed by atoms with van der Waals surface area (Å²) in [6.07, 6.45) is 1.36. The zero-order chi connectivity index (χ0) is 31.6. The third-order valence-corrected chi connectivity index (χ3v) is 7.64. The smallest absolute Gasteiger partial charge is 0.320 e. The molecule has 3 amide bonds. The molecule has 44 heavy (non-hydrogen) atoms. The fraction of sp³-hybridized carbons (Fsp3) is 0.382. The summed E-state index contributed by atoms with van der Waals surface area (Å²) in [5.74, 6) is -0.319. The molecule has 1 aliphatic heterocycles. The number of carbonyl (C=O) groups excluding carboxylic acids is 2. The third-order valence-electron chi connectivity index (χ3n) is 7.64. The molecule has 10 heteroatoms. The van der Waals surface area contributed by atoms with Gasteiger partial charge in [0.15, 0.2) is 0 Å². The van der Waals surface area contributed by atoms with E-state index in [0.29, 0.717) is 57.1 Å². The number of urea groups is 1. The number of likely N-dealkylation sites (tertiary alicyclic amines) is 1. The average Bonchev–Trinajstić information content (AvgIpc) is 3.03. The highest BCUT2D eigenvalue weighted by Gasteiger charge is 2.30. The van der Waals surface area contributed by atoms with Crippen molar-refractivity contribution in [2.75, 3.05) is 19.7 Å². The monoisotopic (exact) mass is 604 g/mol. The molecule has 4 N–H and O–H groups in total. The Bertz CT molecular complexity index is 1390. The highest BCUT2D eigenvalue weighted by atomic mass is 19.1. The number of benzene rings is 3. The van der Waals surface area contributed by atoms with Gasteiger partial charge in [0.05, 0.1) is 6.61 Å². The Labute approximate surface area is 257 Å². The Morgan fingerprint density at radius 2 is 1.55 bits per heavy atom. The SMILES string of the molecule is CC(C)COc1ccc(CNC(=O)N(Cc2ccc(F)cc2)C2CCN(C(=O)c3ccc(C[C@@H](N)C(=O)O)cc3)CC2)cc1. The number of carbonyl (C=O) groups is 3. The lowest BCUT2D eigenvalue weighted by Crippen LogP contribution is -2.51. The molecule has 0 aliphatic carbocycles. The fourth-order valence-corrected chi connectivity index (χ4v) is 5.09. The van der Waals surface area contributed by atoms with Gasteiger partial charge in [-0.2, -0.15) is 0 Å². The number of amides is 3. The number of hydrogen-bond acceptors (Lipinski definition) is 5. The van der Waals surface area contributed by atoms with Crippen LogP contribution in [-0.2, 0) is 24.3 Å². The quantitative estimate of drug-likeness (QED) is 0.272. The summed E-state index contributed by atoms with van der Waals surface area (Å²) in [5, 5.41) is 12.1. The topological polar surface area (TPSA) is 125 Å². The van der Waals surface area contributed by atoms with E-state index >= 15 is 0 Å². The largest absolute Gasteiger partial charge is 0.493 e. The maximum absolute atomic E-state index is 13.6. The Morgan fingerprint density at radius 3 is 2.14 bits per heavy atom. The van der Waals surface area contributed by atoms with E-state index in [1.165, 1.54) is 12.1 Å². The summed E-state index contributed by atoms with van der Waals surface area (Å²) in [7, 11) is 0. The van der Waals surface area contributed by atoms with Crippen molar-refractivity contribution < 1.29 is 28.6 Å². The van der Waals surface area contributed by atoms with Gasteiger partial charge in [0, 0.05) is 37.8 Å². The van der Waals surface area contributed by atoms with Crippen molar-refractivity contribution in [2.45, 2.75) is 58.3 Å². The van der Waals surface area contributed by atoms with Gasteiger partial charge < -0.3 is 30.7 Å². The van der Waals surface area contributed by atoms with Crippen LogP contribution in [0.5, 0.6) is 5.75 Å². The van der Waals surface area contributed by atoms with Crippen LogP contribution in [0.2, 0.25) is 0 Å². The number of nitrogens with zero attached hydrogens (tertiary/aromatic N) is 2. The maximum Gasteiger partial charge on any atom is 0.320 e. The molecule has 3 aromatic rings. The molecular weight excluding hydrogens is 563 g/mol. The number of nitrogens with two attached hydrogens (primary N) is 1. The van der Waals surface area contributed by atoms with E-state index in [1.807, 2.05) is 24.3 Å². The second kappa shape index (κ2) is 15.3. The lowest BCUT2D eigenvalue weighted by atomic mass is 10.0. The molecule has 1 heterocycles. The number of nitrogens with one attached hydrogen (secondary N) is 1. The predicted molar refractivity (Wildman–Crippen MR) is 166 cm³/mol. The van der Waals surface area contributed by atoms with Crippen LogP contribution in [0.3, 0.4) is 0 Å². The molecule has 0 saturated carbocycles. The van der Waals surface area contributed by atoms with Crippen molar-refractivity contribution in [3.63, 3.8) is 0 Å². The zero-order valence-corrected chi connectivity index (χ0v) is 25.2. The van der Waals surface area contributed by atoms with E-state index in [9.17, 15) is 18.8 Å². The van der Waals surface area contributed by atoms with Crippen molar-refractivity contribution in [1.29, 1.82) is 0 Å². The van der Waals surface area contributed by atoms with Crippen LogP contribution in [0.1, 0.15) is 53.7 Å². The molecular formula is C34H41FN4O5. The third kappa shape index (κ3) is 9.28. The highest BCUT2D eigenvalue weighted by Crippen LogP contribution is 2.22. The summed E-state index contributed by atoms with van der Waals surface area (Å²) < 4.78 is 19.3. The molecule has 3 aromatic carbocycles. The standard InChI is InChI=1S/C34H41FN4O5/c1-23(2)22-44-30-13-7-25(8-14-30)20-37-34(43)39(21-26-5-11-28(35)12-6-26)29-15-17-38(18-16-29)32(40)27-9-3-24(4-10-27)19-31(36)33(41)42/h3-14,23,29,31H,15-22,36H2,1-2H3,(H,37,43)(H,41,42)/t31-/m1/s1. The van der Waals surface area contributed by atoms with E-state index in [1.54, 1.807) is 46.2 Å². The highest BCUT2D eigenvalue weighted by molar-refractivity contribution is 5.94. The lowest BCUT2D eigenvalue weighted by Gasteiger charge is -2.38. The number of piperidine rings is 1. The average molecular weight is 605 g/mol. The normalized spacial score (nSPS) is 14.2. The van der Waals surface area contributed by atoms with Crippen molar-refractivity contribution in [3.8, 4) is 5.75 Å². The van der Waals surface area contributed by atoms with Gasteiger partial charge in [-0.1, -0.05) is 50.2 Å². The van der Waals surface area contributed by atoms with Gasteiger partial charge in [0.2, 0.25) is 0 Å². The number of carboxylic acid groups (broad SMARTS) is 1. The number of hydrogen-bond donors (Lipinski definition) is 3. The van der Waals surface area contributed by atoms with Gasteiger partial charge in [0.25, 0.3) is 5.91 Å². The molecule has 0 aromatic heterocycles. The minimum Gasteiger partial charge on any atom is -0.493 e. The van der Waals surface area contributed by atoms with Crippen molar-refractivity contribution >= 4 is 17.9 Å². The first kappa shape index (κ1) is 32.5. The summed E-state index contributed by atoms with van der Waals surface area (Å²) >= 11 is 0. The number of rotatable bonds is 12. The van der Waals surface area contributed by atoms with Gasteiger partial charge in [-0.3, -0.25) is 9.59 Å². The van der Waals surface area contributed by atoms with Crippen molar-refractivity contribution in [1.82, 2.24) is 15.1 Å². The van der Waals surface area contributed by atoms with Crippen molar-refractivity contribution in [2.24, 2.45) is 11.7 Å². The van der Waals surface area contributed by atoms with Gasteiger partial charge >= 0.3 is 12.0 Å². The predicted octanol–water partition coefficient (Wildman–Crippen LogP) is 4.83. The number of halogens is 1. The molecule has 234 valence electrons. The van der Waals surface area contributed by atoms with E-state index < -0.39 is 12.0 Å². The van der Waals surface area contributed by atoms with E-state index in [0.717, 1.165) is 22.4 Å². The number of ether oxygens (including phenoxy) is 1. The van der Waals surface area contributed by atoms with Gasteiger partial charge in [-0.25, -0.2) is 9.18 Å². The molecule has 1 aliphatic rings. The first-order chi connectivity index (χ1) is 21.1. The molecule has 1 saturated heterocycles. The summed E-state index contributed by atoms with van der Waals surface area (Å²) in [5.41, 5.74) is 8.63. The molecule has 4 rings (SSSR count). The van der Waals surface area contributed by atoms with E-state index in [2.05, 4.69) is 19.2 Å². The molecule has 0 bridgehead atoms. The van der Waals surface area contributed by atoms with Gasteiger partial charge in [-0.05, 0) is 78.3 Å². The second-order valence-corrected chi connectivity index (χ2v) is 11.6. The summed E-state index contributed by atoms with van der Waals surface area (Å²) in [6, 6.07) is 19.3. The van der Waals surface area contributed by atoms with Crippen LogP contribution in [0.4, 0.5) is 9.18 Å². The Morgan fingerprint density at radius 1 is 0.955 bits per heavy atom. The minimum atomic E-state index is -1.07. The second-order valence-electron chi connectivity index (χ2n) is 11.6. The number of aliphatic carboxylic acids is 1. The minimum absolute atomic E-state index is 0.115. The fourth-order valence-electron chi connectivity index (χ4n) is 5.09. The first-order valence-corrected chi connectivity index (χ1v) is 15.0. The lowest BCUT2D eigenvalue weighted by molar-refractivity contribution is -0.138. The first-order valence-electron chi connectivity index (χ1n) is 15.0. The number of carboxylic acids is 1. The van der Waals surface area contributed by atoms with Gasteiger partial charge in [0.1, 0.15) is 17.6 Å². The van der Waals surface area contributed by atoms with E-state index in [4.69, 9.17) is 15.6 Å². The molecule has 1 atom stereocenters. The van der Waals surface area contributed by atoms with Crippen LogP contribution in [0.15, 0.2) is 72.8 Å². The summed E-state index contributed by atoms with van der Waals surface area (Å²) in [4.78, 5) is 41.3. The molecule has 9 nitrogen and oxygen atoms in total. The Kier molecular flexibility index (Phi) is 11.3. The van der Waals surface area contributed by atoms with Crippen LogP contribution in [0.25, 0.3) is 0 Å². The van der Waals surface area contributed by atoms with Crippen molar-refractivity contribution in [3.05, 3.63) is 101 Å². The van der Waals surface area contributed by atoms with Crippen LogP contribution in [-0.4, -0.2) is 64.6 Å². The molecule has 0 radical (unpaired) electrons. The molecule has 0 spiro atoms. The van der Waals surface area contributed by atoms with E-state index in [-0.39, 0.29) is 30.2 Å². The van der Waals surface area contributed by atoms with Crippen LogP contribution < -0.4 is 15.8 Å². The Hall–Kier alpha value is -4.44. The van der Waals surface area contributed by atoms with Gasteiger partial charge in [-0.15, -0.1) is 0 Å². The summed E-state index contributed by atoms with van der Waals surface area (Å²) in [6.45, 7) is 6.41. The Balaban J connectivity index is 1.37. The maximum atomic E-state index is 13.6. The van der Waals surface area contributed by atoms with Crippen LogP contribution >= 0.6 is 0 Å².